The zero-order valence-electron chi connectivity index (χ0n) is 10.9. The van der Waals surface area contributed by atoms with Gasteiger partial charge in [0.1, 0.15) is 11.8 Å². The van der Waals surface area contributed by atoms with E-state index in [4.69, 9.17) is 22.1 Å². The molecule has 7 heteroatoms. The maximum atomic E-state index is 9.18. The van der Waals surface area contributed by atoms with Crippen LogP contribution in [0.3, 0.4) is 0 Å². The van der Waals surface area contributed by atoms with Crippen molar-refractivity contribution in [1.82, 2.24) is 14.6 Å². The summed E-state index contributed by atoms with van der Waals surface area (Å²) in [6.45, 7) is 3.82. The molecule has 0 aliphatic rings. The first-order valence-corrected chi connectivity index (χ1v) is 6.50. The number of hydrogen-bond acceptors (Lipinski definition) is 5. The predicted molar refractivity (Wildman–Crippen MR) is 73.1 cm³/mol. The molecule has 0 aliphatic carbocycles. The maximum absolute atomic E-state index is 9.18. The van der Waals surface area contributed by atoms with Crippen molar-refractivity contribution in [2.75, 3.05) is 12.3 Å². The Morgan fingerprint density at radius 1 is 1.58 bits per heavy atom. The molecular weight excluding hydrogens is 268 g/mol. The summed E-state index contributed by atoms with van der Waals surface area (Å²) in [5, 5.41) is 13.8. The monoisotopic (exact) mass is 284 g/mol. The molecule has 6 nitrogen and oxygen atoms in total. The molecule has 0 fully saturated rings. The van der Waals surface area contributed by atoms with E-state index in [9.17, 15) is 5.11 Å². The van der Waals surface area contributed by atoms with Crippen LogP contribution in [0.25, 0.3) is 5.52 Å². The predicted octanol–water partition coefficient (Wildman–Crippen LogP) is 1.81. The van der Waals surface area contributed by atoms with Crippen molar-refractivity contribution >= 4 is 22.9 Å². The van der Waals surface area contributed by atoms with Crippen LogP contribution < -0.4 is 5.73 Å². The Balaban J connectivity index is 2.37. The highest BCUT2D eigenvalue weighted by Gasteiger charge is 2.19. The lowest BCUT2D eigenvalue weighted by Crippen LogP contribution is -2.19. The number of nitrogens with zero attached hydrogens (tertiary/aromatic N) is 3. The summed E-state index contributed by atoms with van der Waals surface area (Å²) in [4.78, 5) is 3.91. The number of aliphatic hydroxyl groups excluding tert-OH is 1. The number of rotatable bonds is 5. The molecule has 0 aliphatic heterocycles. The van der Waals surface area contributed by atoms with Gasteiger partial charge in [-0.3, -0.25) is 0 Å². The Morgan fingerprint density at radius 3 is 2.95 bits per heavy atom. The van der Waals surface area contributed by atoms with Crippen LogP contribution in [0.4, 0.5) is 5.82 Å². The molecule has 104 valence electrons. The van der Waals surface area contributed by atoms with Gasteiger partial charge in [0.15, 0.2) is 5.82 Å². The van der Waals surface area contributed by atoms with E-state index in [1.807, 2.05) is 13.8 Å². The van der Waals surface area contributed by atoms with Crippen LogP contribution in [-0.4, -0.2) is 32.4 Å². The van der Waals surface area contributed by atoms with Gasteiger partial charge >= 0.3 is 0 Å². The van der Waals surface area contributed by atoms with Gasteiger partial charge in [0, 0.05) is 0 Å². The van der Waals surface area contributed by atoms with E-state index in [2.05, 4.69) is 10.1 Å². The smallest absolute Gasteiger partial charge is 0.152 e. The lowest BCUT2D eigenvalue weighted by molar-refractivity contribution is -0.0362. The summed E-state index contributed by atoms with van der Waals surface area (Å²) in [5.74, 6) is 0.327. The molecule has 2 aromatic heterocycles. The highest BCUT2D eigenvalue weighted by atomic mass is 35.5. The number of halogens is 1. The van der Waals surface area contributed by atoms with Crippen LogP contribution in [-0.2, 0) is 4.74 Å². The van der Waals surface area contributed by atoms with Crippen molar-refractivity contribution in [2.45, 2.75) is 32.5 Å². The minimum Gasteiger partial charge on any atom is -0.394 e. The van der Waals surface area contributed by atoms with Gasteiger partial charge in [-0.25, -0.2) is 9.50 Å². The standard InChI is InChI=1S/C12H17ClN4O2/c1-3-8(5-18)19-7(2)10-4-9(13)11-12(14)15-6-16-17(10)11/h4,6-8,18H,3,5H2,1-2H3,(H2,14,15,16). The molecule has 2 rings (SSSR count). The number of ether oxygens (including phenoxy) is 1. The molecule has 0 saturated carbocycles. The number of aliphatic hydroxyl groups is 1. The minimum absolute atomic E-state index is 0.0188. The van der Waals surface area contributed by atoms with Gasteiger partial charge in [0.2, 0.25) is 0 Å². The lowest BCUT2D eigenvalue weighted by Gasteiger charge is -2.19. The van der Waals surface area contributed by atoms with Crippen molar-refractivity contribution in [1.29, 1.82) is 0 Å². The quantitative estimate of drug-likeness (QED) is 0.874. The summed E-state index contributed by atoms with van der Waals surface area (Å²) in [6, 6.07) is 1.76. The average molecular weight is 285 g/mol. The Labute approximate surface area is 116 Å². The van der Waals surface area contributed by atoms with E-state index >= 15 is 0 Å². The molecular formula is C12H17ClN4O2. The molecule has 0 radical (unpaired) electrons. The average Bonchev–Trinajstić information content (AvgIpc) is 2.74. The zero-order chi connectivity index (χ0) is 14.0. The Bertz CT molecular complexity index is 568. The molecule has 2 heterocycles. The van der Waals surface area contributed by atoms with E-state index in [0.717, 1.165) is 12.1 Å². The second-order valence-electron chi connectivity index (χ2n) is 4.31. The van der Waals surface area contributed by atoms with Crippen LogP contribution >= 0.6 is 11.6 Å². The highest BCUT2D eigenvalue weighted by molar-refractivity contribution is 6.34. The minimum atomic E-state index is -0.258. The number of nitrogens with two attached hydrogens (primary N) is 1. The molecule has 0 bridgehead atoms. The fraction of sp³-hybridized carbons (Fsp3) is 0.500. The third-order valence-corrected chi connectivity index (χ3v) is 3.32. The lowest BCUT2D eigenvalue weighted by atomic mass is 10.2. The van der Waals surface area contributed by atoms with Crippen molar-refractivity contribution in [3.8, 4) is 0 Å². The summed E-state index contributed by atoms with van der Waals surface area (Å²) < 4.78 is 7.39. The summed E-state index contributed by atoms with van der Waals surface area (Å²) in [7, 11) is 0. The normalized spacial score (nSPS) is 14.7. The van der Waals surface area contributed by atoms with Gasteiger partial charge in [0.05, 0.1) is 29.5 Å². The Morgan fingerprint density at radius 2 is 2.32 bits per heavy atom. The first kappa shape index (κ1) is 14.0. The number of hydrogen-bond donors (Lipinski definition) is 2. The first-order valence-electron chi connectivity index (χ1n) is 6.12. The summed E-state index contributed by atoms with van der Waals surface area (Å²) >= 11 is 6.15. The van der Waals surface area contributed by atoms with E-state index in [1.54, 1.807) is 10.6 Å². The molecule has 2 aromatic rings. The number of fused-ring (bicyclic) bond motifs is 1. The molecule has 2 atom stereocenters. The van der Waals surface area contributed by atoms with Gasteiger partial charge in [-0.2, -0.15) is 5.10 Å². The van der Waals surface area contributed by atoms with Gasteiger partial charge in [0.25, 0.3) is 0 Å². The van der Waals surface area contributed by atoms with Crippen LogP contribution in [0.5, 0.6) is 0 Å². The number of aromatic nitrogens is 3. The van der Waals surface area contributed by atoms with Gasteiger partial charge < -0.3 is 15.6 Å². The largest absolute Gasteiger partial charge is 0.394 e. The number of nitrogen functional groups attached to an aromatic ring is 1. The topological polar surface area (TPSA) is 85.7 Å². The second kappa shape index (κ2) is 5.73. The van der Waals surface area contributed by atoms with Crippen molar-refractivity contribution in [3.63, 3.8) is 0 Å². The molecule has 0 amide bonds. The van der Waals surface area contributed by atoms with E-state index < -0.39 is 0 Å². The SMILES string of the molecule is CCC(CO)OC(C)c1cc(Cl)c2c(N)ncnn12. The van der Waals surface area contributed by atoms with Crippen molar-refractivity contribution in [2.24, 2.45) is 0 Å². The van der Waals surface area contributed by atoms with Gasteiger partial charge in [-0.05, 0) is 19.4 Å². The Kier molecular flexibility index (Phi) is 4.24. The zero-order valence-corrected chi connectivity index (χ0v) is 11.6. The first-order chi connectivity index (χ1) is 9.08. The fourth-order valence-corrected chi connectivity index (χ4v) is 2.25. The fourth-order valence-electron chi connectivity index (χ4n) is 1.96. The Hall–Kier alpha value is -1.37. The van der Waals surface area contributed by atoms with Gasteiger partial charge in [-0.1, -0.05) is 18.5 Å². The summed E-state index contributed by atoms with van der Waals surface area (Å²) in [5.41, 5.74) is 7.14. The van der Waals surface area contributed by atoms with E-state index in [-0.39, 0.29) is 18.8 Å². The van der Waals surface area contributed by atoms with E-state index in [0.29, 0.717) is 16.4 Å². The maximum Gasteiger partial charge on any atom is 0.152 e. The highest BCUT2D eigenvalue weighted by Crippen LogP contribution is 2.29. The third kappa shape index (κ3) is 2.65. The molecule has 3 N–H and O–H groups in total. The molecule has 2 unspecified atom stereocenters. The third-order valence-electron chi connectivity index (χ3n) is 3.04. The van der Waals surface area contributed by atoms with Crippen LogP contribution in [0.15, 0.2) is 12.4 Å². The summed E-state index contributed by atoms with van der Waals surface area (Å²) in [6.07, 6.45) is 1.64. The van der Waals surface area contributed by atoms with Crippen LogP contribution in [0.2, 0.25) is 5.02 Å². The molecule has 0 saturated heterocycles. The van der Waals surface area contributed by atoms with Crippen molar-refractivity contribution < 1.29 is 9.84 Å². The van der Waals surface area contributed by atoms with Crippen molar-refractivity contribution in [3.05, 3.63) is 23.1 Å². The van der Waals surface area contributed by atoms with E-state index in [1.165, 1.54) is 6.33 Å². The van der Waals surface area contributed by atoms with Crippen LogP contribution in [0, 0.1) is 0 Å². The molecule has 19 heavy (non-hydrogen) atoms. The second-order valence-corrected chi connectivity index (χ2v) is 4.72. The molecule has 0 spiro atoms. The van der Waals surface area contributed by atoms with Crippen LogP contribution in [0.1, 0.15) is 32.1 Å². The van der Waals surface area contributed by atoms with Gasteiger partial charge in [-0.15, -0.1) is 0 Å². The molecule has 0 aromatic carbocycles. The number of anilines is 1.